The molecule has 66 valence electrons. The van der Waals surface area contributed by atoms with Crippen LogP contribution in [0, 0.1) is 0 Å². The van der Waals surface area contributed by atoms with Crippen molar-refractivity contribution in [2.45, 2.75) is 4.21 Å². The number of aromatic nitrogens is 2. The van der Waals surface area contributed by atoms with Gasteiger partial charge in [0.15, 0.2) is 0 Å². The number of thiophene rings is 1. The van der Waals surface area contributed by atoms with E-state index in [1.807, 2.05) is 12.1 Å². The van der Waals surface area contributed by atoms with Gasteiger partial charge in [0.1, 0.15) is 5.00 Å². The van der Waals surface area contributed by atoms with Crippen molar-refractivity contribution in [2.24, 2.45) is 0 Å². The summed E-state index contributed by atoms with van der Waals surface area (Å²) in [4.78, 5) is 11.3. The minimum absolute atomic E-state index is 0.127. The SMILES string of the molecule is O=c1cccnn1-c1ccc(S)s1. The van der Waals surface area contributed by atoms with Crippen LogP contribution in [-0.2, 0) is 0 Å². The molecule has 2 heterocycles. The fraction of sp³-hybridized carbons (Fsp3) is 0. The lowest BCUT2D eigenvalue weighted by Crippen LogP contribution is -2.17. The maximum absolute atomic E-state index is 11.3. The van der Waals surface area contributed by atoms with Gasteiger partial charge in [-0.2, -0.15) is 9.78 Å². The smallest absolute Gasteiger partial charge is 0.267 e. The molecule has 0 atom stereocenters. The first-order valence-electron chi connectivity index (χ1n) is 3.61. The highest BCUT2D eigenvalue weighted by molar-refractivity contribution is 7.83. The molecule has 0 spiro atoms. The molecule has 0 aliphatic heterocycles. The van der Waals surface area contributed by atoms with E-state index in [4.69, 9.17) is 0 Å². The lowest BCUT2D eigenvalue weighted by atomic mass is 10.5. The molecule has 3 nitrogen and oxygen atoms in total. The average molecular weight is 210 g/mol. The molecular formula is C8H6N2OS2. The normalized spacial score (nSPS) is 10.2. The van der Waals surface area contributed by atoms with Gasteiger partial charge < -0.3 is 0 Å². The molecule has 0 radical (unpaired) electrons. The van der Waals surface area contributed by atoms with Crippen LogP contribution >= 0.6 is 24.0 Å². The fourth-order valence-electron chi connectivity index (χ4n) is 0.955. The summed E-state index contributed by atoms with van der Waals surface area (Å²) in [5.74, 6) is 0. The van der Waals surface area contributed by atoms with Crippen LogP contribution in [0.15, 0.2) is 39.5 Å². The predicted octanol–water partition coefficient (Wildman–Crippen LogP) is 1.58. The zero-order valence-electron chi connectivity index (χ0n) is 6.54. The van der Waals surface area contributed by atoms with Gasteiger partial charge in [0.05, 0.1) is 4.21 Å². The Labute approximate surface area is 84.1 Å². The standard InChI is InChI=1S/C8H6N2OS2/c11-6-2-1-5-9-10(6)7-3-4-8(12)13-7/h1-5,12H. The van der Waals surface area contributed by atoms with E-state index < -0.39 is 0 Å². The number of hydrogen-bond donors (Lipinski definition) is 1. The first kappa shape index (κ1) is 8.52. The van der Waals surface area contributed by atoms with E-state index in [-0.39, 0.29) is 5.56 Å². The van der Waals surface area contributed by atoms with Crippen LogP contribution in [-0.4, -0.2) is 9.78 Å². The van der Waals surface area contributed by atoms with E-state index in [2.05, 4.69) is 17.7 Å². The van der Waals surface area contributed by atoms with Crippen molar-refractivity contribution in [3.63, 3.8) is 0 Å². The van der Waals surface area contributed by atoms with Gasteiger partial charge in [-0.15, -0.1) is 24.0 Å². The van der Waals surface area contributed by atoms with E-state index in [0.29, 0.717) is 0 Å². The zero-order valence-corrected chi connectivity index (χ0v) is 8.26. The summed E-state index contributed by atoms with van der Waals surface area (Å²) in [5.41, 5.74) is -0.127. The first-order valence-corrected chi connectivity index (χ1v) is 4.87. The quantitative estimate of drug-likeness (QED) is 0.725. The molecule has 0 fully saturated rings. The lowest BCUT2D eigenvalue weighted by molar-refractivity contribution is 0.820. The number of hydrogen-bond acceptors (Lipinski definition) is 4. The van der Waals surface area contributed by atoms with Gasteiger partial charge >= 0.3 is 0 Å². The summed E-state index contributed by atoms with van der Waals surface area (Å²) >= 11 is 5.58. The molecule has 2 aromatic rings. The van der Waals surface area contributed by atoms with Gasteiger partial charge in [0.2, 0.25) is 0 Å². The van der Waals surface area contributed by atoms with Gasteiger partial charge in [0, 0.05) is 12.3 Å². The van der Waals surface area contributed by atoms with Gasteiger partial charge in [-0.3, -0.25) is 4.79 Å². The molecule has 0 bridgehead atoms. The second-order valence-corrected chi connectivity index (χ2v) is 4.23. The van der Waals surface area contributed by atoms with Crippen LogP contribution in [0.1, 0.15) is 0 Å². The number of nitrogens with zero attached hydrogens (tertiary/aromatic N) is 2. The third kappa shape index (κ3) is 1.66. The maximum Gasteiger partial charge on any atom is 0.272 e. The highest BCUT2D eigenvalue weighted by atomic mass is 32.2. The molecule has 0 saturated heterocycles. The second kappa shape index (κ2) is 3.35. The van der Waals surface area contributed by atoms with E-state index in [0.717, 1.165) is 9.21 Å². The summed E-state index contributed by atoms with van der Waals surface area (Å²) in [6.45, 7) is 0. The van der Waals surface area contributed by atoms with Crippen molar-refractivity contribution in [1.82, 2.24) is 9.78 Å². The Kier molecular flexibility index (Phi) is 2.20. The van der Waals surface area contributed by atoms with Crippen LogP contribution in [0.25, 0.3) is 5.00 Å². The first-order chi connectivity index (χ1) is 6.27. The molecule has 0 unspecified atom stereocenters. The predicted molar refractivity (Wildman–Crippen MR) is 55.0 cm³/mol. The largest absolute Gasteiger partial charge is 0.272 e. The molecule has 0 aromatic carbocycles. The van der Waals surface area contributed by atoms with Gasteiger partial charge in [-0.1, -0.05) is 0 Å². The van der Waals surface area contributed by atoms with E-state index in [1.54, 1.807) is 12.3 Å². The van der Waals surface area contributed by atoms with Crippen molar-refractivity contribution in [2.75, 3.05) is 0 Å². The van der Waals surface area contributed by atoms with Crippen molar-refractivity contribution in [3.05, 3.63) is 40.8 Å². The molecule has 13 heavy (non-hydrogen) atoms. The number of rotatable bonds is 1. The number of thiol groups is 1. The minimum atomic E-state index is -0.127. The highest BCUT2D eigenvalue weighted by Crippen LogP contribution is 2.21. The molecule has 0 N–H and O–H groups in total. The van der Waals surface area contributed by atoms with Crippen molar-refractivity contribution < 1.29 is 0 Å². The molecule has 0 saturated carbocycles. The highest BCUT2D eigenvalue weighted by Gasteiger charge is 2.01. The summed E-state index contributed by atoms with van der Waals surface area (Å²) in [7, 11) is 0. The summed E-state index contributed by atoms with van der Waals surface area (Å²) < 4.78 is 2.22. The van der Waals surface area contributed by atoms with Crippen LogP contribution in [0.2, 0.25) is 0 Å². The Bertz CT molecular complexity index is 475. The average Bonchev–Trinajstić information content (AvgIpc) is 2.53. The molecule has 0 aliphatic rings. The Morgan fingerprint density at radius 3 is 2.85 bits per heavy atom. The summed E-state index contributed by atoms with van der Waals surface area (Å²) in [6, 6.07) is 6.75. The Morgan fingerprint density at radius 2 is 2.23 bits per heavy atom. The Balaban J connectivity index is 2.59. The fourth-order valence-corrected chi connectivity index (χ4v) is 2.02. The van der Waals surface area contributed by atoms with Crippen LogP contribution in [0.4, 0.5) is 0 Å². The van der Waals surface area contributed by atoms with Crippen molar-refractivity contribution in [3.8, 4) is 5.00 Å². The lowest BCUT2D eigenvalue weighted by Gasteiger charge is -1.96. The topological polar surface area (TPSA) is 34.9 Å². The third-order valence-corrected chi connectivity index (χ3v) is 2.79. The zero-order chi connectivity index (χ0) is 9.26. The molecular weight excluding hydrogens is 204 g/mol. The minimum Gasteiger partial charge on any atom is -0.267 e. The Morgan fingerprint density at radius 1 is 1.38 bits per heavy atom. The van der Waals surface area contributed by atoms with Crippen LogP contribution < -0.4 is 5.56 Å². The van der Waals surface area contributed by atoms with Crippen LogP contribution in [0.5, 0.6) is 0 Å². The summed E-state index contributed by atoms with van der Waals surface area (Å²) in [5, 5.41) is 4.73. The molecule has 5 heteroatoms. The van der Waals surface area contributed by atoms with Crippen LogP contribution in [0.3, 0.4) is 0 Å². The monoisotopic (exact) mass is 210 g/mol. The maximum atomic E-state index is 11.3. The van der Waals surface area contributed by atoms with Gasteiger partial charge in [-0.05, 0) is 18.2 Å². The van der Waals surface area contributed by atoms with Gasteiger partial charge in [-0.25, -0.2) is 0 Å². The molecule has 2 rings (SSSR count). The van der Waals surface area contributed by atoms with Gasteiger partial charge in [0.25, 0.3) is 5.56 Å². The van der Waals surface area contributed by atoms with Crippen molar-refractivity contribution >= 4 is 24.0 Å². The van der Waals surface area contributed by atoms with E-state index in [9.17, 15) is 4.79 Å². The second-order valence-electron chi connectivity index (χ2n) is 2.39. The molecule has 0 aliphatic carbocycles. The van der Waals surface area contributed by atoms with Crippen molar-refractivity contribution in [1.29, 1.82) is 0 Å². The molecule has 2 aromatic heterocycles. The van der Waals surface area contributed by atoms with E-state index >= 15 is 0 Å². The van der Waals surface area contributed by atoms with E-state index in [1.165, 1.54) is 22.1 Å². The summed E-state index contributed by atoms with van der Waals surface area (Å²) in [6.07, 6.45) is 1.58. The molecule has 0 amide bonds. The third-order valence-electron chi connectivity index (χ3n) is 1.50. The Hall–Kier alpha value is -1.07.